The van der Waals surface area contributed by atoms with Crippen LogP contribution in [0.1, 0.15) is 57.6 Å². The van der Waals surface area contributed by atoms with Crippen molar-refractivity contribution in [2.45, 2.75) is 52.0 Å². The minimum atomic E-state index is -0.815. The summed E-state index contributed by atoms with van der Waals surface area (Å²) in [6, 6.07) is 4.11. The van der Waals surface area contributed by atoms with Crippen LogP contribution in [0, 0.1) is 17.6 Å². The molecule has 1 aliphatic rings. The lowest BCUT2D eigenvalue weighted by Gasteiger charge is -2.35. The van der Waals surface area contributed by atoms with Gasteiger partial charge in [0, 0.05) is 18.5 Å². The lowest BCUT2D eigenvalue weighted by molar-refractivity contribution is -0.126. The number of hydrogen-bond acceptors (Lipinski definition) is 2. The molecule has 1 amide bonds. The molecular formula is C19H28F2N2O. The van der Waals surface area contributed by atoms with E-state index in [0.717, 1.165) is 57.3 Å². The van der Waals surface area contributed by atoms with Crippen LogP contribution in [0.2, 0.25) is 0 Å². The minimum absolute atomic E-state index is 0.0219. The Labute approximate surface area is 143 Å². The van der Waals surface area contributed by atoms with Crippen molar-refractivity contribution in [3.63, 3.8) is 0 Å². The van der Waals surface area contributed by atoms with Gasteiger partial charge in [-0.1, -0.05) is 25.8 Å². The number of nitrogens with one attached hydrogen (secondary N) is 1. The highest BCUT2D eigenvalue weighted by Crippen LogP contribution is 2.27. The lowest BCUT2D eigenvalue weighted by Crippen LogP contribution is -2.41. The number of benzene rings is 1. The van der Waals surface area contributed by atoms with Crippen molar-refractivity contribution in [1.82, 2.24) is 10.2 Å². The van der Waals surface area contributed by atoms with Crippen LogP contribution in [0.15, 0.2) is 18.2 Å². The van der Waals surface area contributed by atoms with Gasteiger partial charge in [0.2, 0.25) is 5.91 Å². The van der Waals surface area contributed by atoms with Gasteiger partial charge in [-0.2, -0.15) is 0 Å². The summed E-state index contributed by atoms with van der Waals surface area (Å²) in [4.78, 5) is 14.4. The van der Waals surface area contributed by atoms with Gasteiger partial charge in [0.05, 0.1) is 0 Å². The predicted molar refractivity (Wildman–Crippen MR) is 91.6 cm³/mol. The first-order valence-corrected chi connectivity index (χ1v) is 8.99. The molecular weight excluding hydrogens is 310 g/mol. The highest BCUT2D eigenvalue weighted by atomic mass is 19.2. The van der Waals surface area contributed by atoms with E-state index < -0.39 is 11.6 Å². The Morgan fingerprint density at radius 3 is 2.58 bits per heavy atom. The van der Waals surface area contributed by atoms with Crippen LogP contribution < -0.4 is 5.32 Å². The maximum atomic E-state index is 13.4. The molecule has 134 valence electrons. The number of nitrogens with zero attached hydrogens (tertiary/aromatic N) is 1. The molecule has 1 saturated heterocycles. The van der Waals surface area contributed by atoms with Gasteiger partial charge in [0.1, 0.15) is 0 Å². The molecule has 0 aliphatic carbocycles. The van der Waals surface area contributed by atoms with Crippen LogP contribution in [0.5, 0.6) is 0 Å². The van der Waals surface area contributed by atoms with Gasteiger partial charge >= 0.3 is 0 Å². The van der Waals surface area contributed by atoms with E-state index in [1.54, 1.807) is 6.07 Å². The number of carbonyl (C=O) groups is 1. The van der Waals surface area contributed by atoms with E-state index in [0.29, 0.717) is 0 Å². The third kappa shape index (κ3) is 5.00. The molecule has 5 heteroatoms. The SMILES string of the molecule is CCCCCNC(=O)C1CCN([C@H](C)c2ccc(F)c(F)c2)CC1. The van der Waals surface area contributed by atoms with Crippen molar-refractivity contribution in [2.24, 2.45) is 5.92 Å². The van der Waals surface area contributed by atoms with E-state index in [4.69, 9.17) is 0 Å². The van der Waals surface area contributed by atoms with Crippen LogP contribution in [-0.2, 0) is 4.79 Å². The van der Waals surface area contributed by atoms with Gasteiger partial charge in [0.15, 0.2) is 11.6 Å². The van der Waals surface area contributed by atoms with Crippen molar-refractivity contribution in [3.8, 4) is 0 Å². The Morgan fingerprint density at radius 1 is 1.25 bits per heavy atom. The van der Waals surface area contributed by atoms with Crippen molar-refractivity contribution < 1.29 is 13.6 Å². The van der Waals surface area contributed by atoms with E-state index in [-0.39, 0.29) is 17.9 Å². The second-order valence-electron chi connectivity index (χ2n) is 6.66. The number of likely N-dealkylation sites (tertiary alicyclic amines) is 1. The quantitative estimate of drug-likeness (QED) is 0.761. The molecule has 1 N–H and O–H groups in total. The van der Waals surface area contributed by atoms with E-state index in [9.17, 15) is 13.6 Å². The lowest BCUT2D eigenvalue weighted by atomic mass is 9.93. The summed E-state index contributed by atoms with van der Waals surface area (Å²) in [6.07, 6.45) is 4.95. The van der Waals surface area contributed by atoms with E-state index in [1.807, 2.05) is 6.92 Å². The van der Waals surface area contributed by atoms with Gasteiger partial charge < -0.3 is 5.32 Å². The van der Waals surface area contributed by atoms with E-state index in [1.165, 1.54) is 12.1 Å². The molecule has 1 heterocycles. The minimum Gasteiger partial charge on any atom is -0.356 e. The Kier molecular flexibility index (Phi) is 7.16. The maximum Gasteiger partial charge on any atom is 0.223 e. The summed E-state index contributed by atoms with van der Waals surface area (Å²) in [5, 5.41) is 3.03. The first-order valence-electron chi connectivity index (χ1n) is 8.99. The number of amides is 1. The standard InChI is InChI=1S/C19H28F2N2O/c1-3-4-5-10-22-19(24)15-8-11-23(12-9-15)14(2)16-6-7-17(20)18(21)13-16/h6-7,13-15H,3-5,8-12H2,1-2H3,(H,22,24)/t14-/m1/s1. The van der Waals surface area contributed by atoms with Gasteiger partial charge in [0.25, 0.3) is 0 Å². The third-order valence-electron chi connectivity index (χ3n) is 4.95. The number of halogens is 2. The fraction of sp³-hybridized carbons (Fsp3) is 0.632. The smallest absolute Gasteiger partial charge is 0.223 e. The Hall–Kier alpha value is -1.49. The highest BCUT2D eigenvalue weighted by molar-refractivity contribution is 5.78. The fourth-order valence-corrected chi connectivity index (χ4v) is 3.26. The van der Waals surface area contributed by atoms with E-state index in [2.05, 4.69) is 17.1 Å². The molecule has 1 aromatic rings. The number of carbonyl (C=O) groups excluding carboxylic acids is 1. The fourth-order valence-electron chi connectivity index (χ4n) is 3.26. The molecule has 1 aromatic carbocycles. The topological polar surface area (TPSA) is 32.3 Å². The Morgan fingerprint density at radius 2 is 1.96 bits per heavy atom. The van der Waals surface area contributed by atoms with E-state index >= 15 is 0 Å². The van der Waals surface area contributed by atoms with Gasteiger partial charge in [-0.25, -0.2) is 8.78 Å². The van der Waals surface area contributed by atoms with Crippen LogP contribution >= 0.6 is 0 Å². The average Bonchev–Trinajstić information content (AvgIpc) is 2.60. The molecule has 0 bridgehead atoms. The Balaban J connectivity index is 1.81. The number of rotatable bonds is 7. The summed E-state index contributed by atoms with van der Waals surface area (Å²) in [7, 11) is 0. The monoisotopic (exact) mass is 338 g/mol. The first-order chi connectivity index (χ1) is 11.5. The van der Waals surface area contributed by atoms with Crippen LogP contribution in [0.3, 0.4) is 0 Å². The second kappa shape index (κ2) is 9.11. The predicted octanol–water partition coefficient (Wildman–Crippen LogP) is 4.04. The summed E-state index contributed by atoms with van der Waals surface area (Å²) in [6.45, 7) is 6.50. The molecule has 2 rings (SSSR count). The molecule has 0 aromatic heterocycles. The molecule has 1 atom stereocenters. The first kappa shape index (κ1) is 18.8. The zero-order chi connectivity index (χ0) is 17.5. The molecule has 0 radical (unpaired) electrons. The molecule has 0 spiro atoms. The highest BCUT2D eigenvalue weighted by Gasteiger charge is 2.27. The molecule has 3 nitrogen and oxygen atoms in total. The van der Waals surface area contributed by atoms with Crippen molar-refractivity contribution in [2.75, 3.05) is 19.6 Å². The number of hydrogen-bond donors (Lipinski definition) is 1. The van der Waals surface area contributed by atoms with Crippen molar-refractivity contribution in [3.05, 3.63) is 35.4 Å². The molecule has 0 saturated carbocycles. The van der Waals surface area contributed by atoms with Crippen LogP contribution in [0.4, 0.5) is 8.78 Å². The maximum absolute atomic E-state index is 13.4. The molecule has 24 heavy (non-hydrogen) atoms. The van der Waals surface area contributed by atoms with Crippen LogP contribution in [0.25, 0.3) is 0 Å². The zero-order valence-corrected chi connectivity index (χ0v) is 14.7. The summed E-state index contributed by atoms with van der Waals surface area (Å²) >= 11 is 0. The van der Waals surface area contributed by atoms with Crippen LogP contribution in [-0.4, -0.2) is 30.4 Å². The third-order valence-corrected chi connectivity index (χ3v) is 4.95. The van der Waals surface area contributed by atoms with Crippen molar-refractivity contribution in [1.29, 1.82) is 0 Å². The zero-order valence-electron chi connectivity index (χ0n) is 14.7. The average molecular weight is 338 g/mol. The molecule has 1 fully saturated rings. The molecule has 1 aliphatic heterocycles. The Bertz CT molecular complexity index is 542. The second-order valence-corrected chi connectivity index (χ2v) is 6.66. The van der Waals surface area contributed by atoms with Crippen molar-refractivity contribution >= 4 is 5.91 Å². The summed E-state index contributed by atoms with van der Waals surface area (Å²) in [5.41, 5.74) is 0.774. The van der Waals surface area contributed by atoms with Gasteiger partial charge in [-0.15, -0.1) is 0 Å². The number of piperidine rings is 1. The number of unbranched alkanes of at least 4 members (excludes halogenated alkanes) is 2. The molecule has 0 unspecified atom stereocenters. The van der Waals surface area contributed by atoms with Gasteiger partial charge in [-0.3, -0.25) is 9.69 Å². The summed E-state index contributed by atoms with van der Waals surface area (Å²) in [5.74, 6) is -1.39. The van der Waals surface area contributed by atoms with Gasteiger partial charge in [-0.05, 0) is 57.0 Å². The summed E-state index contributed by atoms with van der Waals surface area (Å²) < 4.78 is 26.5. The largest absolute Gasteiger partial charge is 0.356 e. The normalized spacial score (nSPS) is 17.7.